The first-order valence-electron chi connectivity index (χ1n) is 3.96. The molecule has 0 aliphatic heterocycles. The standard InChI is InChI=1S/C10H7Br3O2/c1-5(10(14)15)4-6-2-3-7(11)9(13)8(6)12/h2-4H,1H3,(H,14,15)/p-1/b5-4+. The molecule has 5 heteroatoms. The molecule has 80 valence electrons. The van der Waals surface area contributed by atoms with Crippen molar-refractivity contribution in [3.8, 4) is 0 Å². The van der Waals surface area contributed by atoms with Gasteiger partial charge in [0, 0.05) is 13.4 Å². The van der Waals surface area contributed by atoms with Crippen molar-refractivity contribution in [2.24, 2.45) is 0 Å². The van der Waals surface area contributed by atoms with Gasteiger partial charge in [0.2, 0.25) is 0 Å². The predicted molar refractivity (Wildman–Crippen MR) is 68.2 cm³/mol. The smallest absolute Gasteiger partial charge is 0.0672 e. The molecule has 0 amide bonds. The van der Waals surface area contributed by atoms with Crippen molar-refractivity contribution >= 4 is 59.8 Å². The van der Waals surface area contributed by atoms with Crippen molar-refractivity contribution in [2.75, 3.05) is 0 Å². The van der Waals surface area contributed by atoms with E-state index in [-0.39, 0.29) is 5.57 Å². The van der Waals surface area contributed by atoms with Gasteiger partial charge in [0.05, 0.1) is 5.97 Å². The highest BCUT2D eigenvalue weighted by atomic mass is 79.9. The number of hydrogen-bond acceptors (Lipinski definition) is 2. The van der Waals surface area contributed by atoms with Gasteiger partial charge >= 0.3 is 0 Å². The second-order valence-electron chi connectivity index (χ2n) is 2.88. The van der Waals surface area contributed by atoms with E-state index >= 15 is 0 Å². The third kappa shape index (κ3) is 3.16. The van der Waals surface area contributed by atoms with E-state index in [2.05, 4.69) is 47.8 Å². The van der Waals surface area contributed by atoms with Gasteiger partial charge in [-0.2, -0.15) is 0 Å². The van der Waals surface area contributed by atoms with E-state index in [4.69, 9.17) is 0 Å². The number of carboxylic acid groups (broad SMARTS) is 1. The molecule has 0 saturated heterocycles. The summed E-state index contributed by atoms with van der Waals surface area (Å²) in [5, 5.41) is 10.6. The average molecular weight is 398 g/mol. The van der Waals surface area contributed by atoms with Crippen molar-refractivity contribution < 1.29 is 9.90 Å². The number of carbonyl (C=O) groups excluding carboxylic acids is 1. The first-order valence-corrected chi connectivity index (χ1v) is 6.34. The summed E-state index contributed by atoms with van der Waals surface area (Å²) in [5.41, 5.74) is 0.969. The molecule has 0 spiro atoms. The molecular weight excluding hydrogens is 392 g/mol. The summed E-state index contributed by atoms with van der Waals surface area (Å²) < 4.78 is 2.55. The molecule has 2 nitrogen and oxygen atoms in total. The van der Waals surface area contributed by atoms with Gasteiger partial charge in [0.1, 0.15) is 0 Å². The zero-order chi connectivity index (χ0) is 11.6. The van der Waals surface area contributed by atoms with Crippen LogP contribution in [0.15, 0.2) is 31.1 Å². The summed E-state index contributed by atoms with van der Waals surface area (Å²) in [6.45, 7) is 1.50. The fourth-order valence-electron chi connectivity index (χ4n) is 0.944. The van der Waals surface area contributed by atoms with Crippen LogP contribution in [0.25, 0.3) is 6.08 Å². The summed E-state index contributed by atoms with van der Waals surface area (Å²) in [6.07, 6.45) is 1.55. The van der Waals surface area contributed by atoms with Crippen molar-refractivity contribution in [1.82, 2.24) is 0 Å². The quantitative estimate of drug-likeness (QED) is 0.568. The Morgan fingerprint density at radius 2 is 1.87 bits per heavy atom. The van der Waals surface area contributed by atoms with E-state index in [1.807, 2.05) is 12.1 Å². The monoisotopic (exact) mass is 395 g/mol. The molecule has 0 aliphatic rings. The van der Waals surface area contributed by atoms with Crippen LogP contribution >= 0.6 is 47.8 Å². The lowest BCUT2D eigenvalue weighted by Gasteiger charge is -2.06. The highest BCUT2D eigenvalue weighted by Crippen LogP contribution is 2.34. The minimum atomic E-state index is -1.17. The Bertz CT molecular complexity index is 439. The lowest BCUT2D eigenvalue weighted by molar-refractivity contribution is -0.299. The van der Waals surface area contributed by atoms with Crippen LogP contribution in [-0.2, 0) is 4.79 Å². The van der Waals surface area contributed by atoms with Crippen molar-refractivity contribution in [2.45, 2.75) is 6.92 Å². The van der Waals surface area contributed by atoms with Gasteiger partial charge in [-0.3, -0.25) is 0 Å². The maximum Gasteiger partial charge on any atom is 0.0672 e. The second-order valence-corrected chi connectivity index (χ2v) is 5.32. The minimum Gasteiger partial charge on any atom is -0.545 e. The molecule has 0 bridgehead atoms. The number of benzene rings is 1. The summed E-state index contributed by atoms with van der Waals surface area (Å²) in [4.78, 5) is 10.6. The Balaban J connectivity index is 3.23. The molecule has 15 heavy (non-hydrogen) atoms. The summed E-state index contributed by atoms with van der Waals surface area (Å²) in [5.74, 6) is -1.17. The number of rotatable bonds is 2. The molecule has 1 rings (SSSR count). The molecule has 0 unspecified atom stereocenters. The molecule has 0 aromatic heterocycles. The Labute approximate surface area is 113 Å². The van der Waals surface area contributed by atoms with Gasteiger partial charge < -0.3 is 9.90 Å². The fourth-order valence-corrected chi connectivity index (χ4v) is 2.36. The van der Waals surface area contributed by atoms with Gasteiger partial charge in [0.15, 0.2) is 0 Å². The average Bonchev–Trinajstić information content (AvgIpc) is 2.18. The van der Waals surface area contributed by atoms with Gasteiger partial charge in [-0.05, 0) is 78.0 Å². The summed E-state index contributed by atoms with van der Waals surface area (Å²) >= 11 is 10.1. The zero-order valence-corrected chi connectivity index (χ0v) is 12.4. The normalized spacial score (nSPS) is 11.6. The Hall–Kier alpha value is -0.130. The highest BCUT2D eigenvalue weighted by molar-refractivity contribution is 9.14. The Morgan fingerprint density at radius 1 is 1.27 bits per heavy atom. The largest absolute Gasteiger partial charge is 0.545 e. The Morgan fingerprint density at radius 3 is 2.40 bits per heavy atom. The molecule has 0 radical (unpaired) electrons. The topological polar surface area (TPSA) is 40.1 Å². The molecule has 0 saturated carbocycles. The van der Waals surface area contributed by atoms with E-state index < -0.39 is 5.97 Å². The lowest BCUT2D eigenvalue weighted by atomic mass is 10.1. The highest BCUT2D eigenvalue weighted by Gasteiger charge is 2.05. The van der Waals surface area contributed by atoms with Crippen molar-refractivity contribution in [1.29, 1.82) is 0 Å². The predicted octanol–water partition coefficient (Wildman–Crippen LogP) is 3.13. The van der Waals surface area contributed by atoms with E-state index in [1.165, 1.54) is 6.92 Å². The van der Waals surface area contributed by atoms with Crippen LogP contribution in [-0.4, -0.2) is 5.97 Å². The van der Waals surface area contributed by atoms with Gasteiger partial charge in [0.25, 0.3) is 0 Å². The van der Waals surface area contributed by atoms with Crippen LogP contribution < -0.4 is 5.11 Å². The number of aliphatic carboxylic acids is 1. The van der Waals surface area contributed by atoms with E-state index in [0.717, 1.165) is 19.0 Å². The first-order chi connectivity index (χ1) is 6.93. The van der Waals surface area contributed by atoms with Gasteiger partial charge in [-0.15, -0.1) is 0 Å². The molecule has 0 atom stereocenters. The van der Waals surface area contributed by atoms with Crippen LogP contribution in [0.5, 0.6) is 0 Å². The number of carboxylic acids is 1. The van der Waals surface area contributed by atoms with Crippen LogP contribution in [0.4, 0.5) is 0 Å². The number of hydrogen-bond donors (Lipinski definition) is 0. The molecule has 1 aromatic carbocycles. The van der Waals surface area contributed by atoms with Gasteiger partial charge in [-0.25, -0.2) is 0 Å². The first kappa shape index (κ1) is 12.9. The van der Waals surface area contributed by atoms with Crippen LogP contribution in [0, 0.1) is 0 Å². The second kappa shape index (κ2) is 5.27. The summed E-state index contributed by atoms with van der Waals surface area (Å²) in [7, 11) is 0. The zero-order valence-electron chi connectivity index (χ0n) is 7.68. The van der Waals surface area contributed by atoms with Crippen LogP contribution in [0.3, 0.4) is 0 Å². The molecule has 0 fully saturated rings. The maximum absolute atomic E-state index is 10.6. The van der Waals surface area contributed by atoms with Crippen LogP contribution in [0.1, 0.15) is 12.5 Å². The van der Waals surface area contributed by atoms with Gasteiger partial charge in [-0.1, -0.05) is 6.07 Å². The van der Waals surface area contributed by atoms with E-state index in [0.29, 0.717) is 0 Å². The van der Waals surface area contributed by atoms with Crippen molar-refractivity contribution in [3.05, 3.63) is 36.7 Å². The van der Waals surface area contributed by atoms with E-state index in [1.54, 1.807) is 6.08 Å². The van der Waals surface area contributed by atoms with Crippen LogP contribution in [0.2, 0.25) is 0 Å². The molecular formula is C10H6Br3O2-. The summed E-state index contributed by atoms with van der Waals surface area (Å²) in [6, 6.07) is 3.65. The molecule has 0 aliphatic carbocycles. The molecule has 0 N–H and O–H groups in total. The number of carbonyl (C=O) groups is 1. The van der Waals surface area contributed by atoms with Crippen molar-refractivity contribution in [3.63, 3.8) is 0 Å². The van der Waals surface area contributed by atoms with E-state index in [9.17, 15) is 9.90 Å². The maximum atomic E-state index is 10.6. The minimum absolute atomic E-state index is 0.185. The molecule has 0 heterocycles. The lowest BCUT2D eigenvalue weighted by Crippen LogP contribution is -2.22. The Kier molecular flexibility index (Phi) is 4.55. The fraction of sp³-hybridized carbons (Fsp3) is 0.100. The molecule has 1 aromatic rings. The third-order valence-corrected chi connectivity index (χ3v) is 5.16. The third-order valence-electron chi connectivity index (χ3n) is 1.76. The SMILES string of the molecule is C/C(=C\c1ccc(Br)c(Br)c1Br)C(=O)[O-]. The number of halogens is 3.